The zero-order valence-corrected chi connectivity index (χ0v) is 12.8. The SMILES string of the molecule is Cc1cc(OC(C)C)nc(N2CCC(C)C2CCl)n1. The lowest BCUT2D eigenvalue weighted by Crippen LogP contribution is -2.35. The topological polar surface area (TPSA) is 38.2 Å². The van der Waals surface area contributed by atoms with Crippen LogP contribution in [0.15, 0.2) is 6.07 Å². The van der Waals surface area contributed by atoms with E-state index in [1.165, 1.54) is 0 Å². The Bertz CT molecular complexity index is 439. The van der Waals surface area contributed by atoms with Gasteiger partial charge in [-0.3, -0.25) is 0 Å². The zero-order valence-electron chi connectivity index (χ0n) is 12.1. The van der Waals surface area contributed by atoms with Crippen LogP contribution < -0.4 is 9.64 Å². The largest absolute Gasteiger partial charge is 0.475 e. The molecule has 5 heteroatoms. The van der Waals surface area contributed by atoms with Gasteiger partial charge in [0.25, 0.3) is 0 Å². The van der Waals surface area contributed by atoms with Crippen molar-refractivity contribution in [3.8, 4) is 5.88 Å². The molecule has 0 aliphatic carbocycles. The number of hydrogen-bond acceptors (Lipinski definition) is 4. The Morgan fingerprint density at radius 2 is 2.21 bits per heavy atom. The molecule has 0 aromatic carbocycles. The second-order valence-electron chi connectivity index (χ2n) is 5.50. The van der Waals surface area contributed by atoms with Gasteiger partial charge in [0, 0.05) is 30.2 Å². The first-order chi connectivity index (χ1) is 9.01. The molecule has 1 aliphatic heterocycles. The van der Waals surface area contributed by atoms with E-state index in [-0.39, 0.29) is 6.10 Å². The predicted molar refractivity (Wildman–Crippen MR) is 78.2 cm³/mol. The van der Waals surface area contributed by atoms with Gasteiger partial charge in [-0.25, -0.2) is 4.98 Å². The summed E-state index contributed by atoms with van der Waals surface area (Å²) >= 11 is 6.08. The molecule has 2 atom stereocenters. The van der Waals surface area contributed by atoms with Gasteiger partial charge in [0.1, 0.15) is 0 Å². The average Bonchev–Trinajstić information content (AvgIpc) is 2.68. The van der Waals surface area contributed by atoms with Crippen molar-refractivity contribution >= 4 is 17.5 Å². The summed E-state index contributed by atoms with van der Waals surface area (Å²) in [5.74, 6) is 2.57. The van der Waals surface area contributed by atoms with Crippen molar-refractivity contribution in [2.24, 2.45) is 5.92 Å². The number of hydrogen-bond donors (Lipinski definition) is 0. The number of aryl methyl sites for hydroxylation is 1. The maximum atomic E-state index is 6.08. The van der Waals surface area contributed by atoms with Crippen LogP contribution in [0.2, 0.25) is 0 Å². The minimum atomic E-state index is 0.114. The Morgan fingerprint density at radius 1 is 1.47 bits per heavy atom. The second-order valence-corrected chi connectivity index (χ2v) is 5.80. The summed E-state index contributed by atoms with van der Waals surface area (Å²) in [4.78, 5) is 11.3. The molecule has 0 amide bonds. The van der Waals surface area contributed by atoms with Gasteiger partial charge in [0.15, 0.2) is 0 Å². The summed E-state index contributed by atoms with van der Waals surface area (Å²) in [6, 6.07) is 2.19. The normalized spacial score (nSPS) is 23.2. The van der Waals surface area contributed by atoms with Gasteiger partial charge in [0.2, 0.25) is 11.8 Å². The van der Waals surface area contributed by atoms with Gasteiger partial charge < -0.3 is 9.64 Å². The highest BCUT2D eigenvalue weighted by molar-refractivity contribution is 6.18. The highest BCUT2D eigenvalue weighted by Gasteiger charge is 2.32. The van der Waals surface area contributed by atoms with E-state index in [0.29, 0.717) is 23.7 Å². The molecule has 1 aliphatic rings. The van der Waals surface area contributed by atoms with Gasteiger partial charge in [-0.05, 0) is 33.1 Å². The fourth-order valence-corrected chi connectivity index (χ4v) is 2.92. The summed E-state index contributed by atoms with van der Waals surface area (Å²) in [5.41, 5.74) is 0.925. The molecular formula is C14H22ClN3O. The molecule has 2 heterocycles. The van der Waals surface area contributed by atoms with Crippen LogP contribution in [-0.4, -0.2) is 34.5 Å². The summed E-state index contributed by atoms with van der Waals surface area (Å²) in [6.07, 6.45) is 1.25. The molecule has 0 spiro atoms. The maximum absolute atomic E-state index is 6.08. The first-order valence-corrected chi connectivity index (χ1v) is 7.39. The van der Waals surface area contributed by atoms with Crippen molar-refractivity contribution in [1.82, 2.24) is 9.97 Å². The molecular weight excluding hydrogens is 262 g/mol. The molecule has 2 rings (SSSR count). The molecule has 19 heavy (non-hydrogen) atoms. The van der Waals surface area contributed by atoms with Gasteiger partial charge >= 0.3 is 0 Å². The molecule has 1 fully saturated rings. The quantitative estimate of drug-likeness (QED) is 0.796. The third kappa shape index (κ3) is 3.30. The predicted octanol–water partition coefficient (Wildman–Crippen LogP) is 3.03. The summed E-state index contributed by atoms with van der Waals surface area (Å²) < 4.78 is 5.68. The Balaban J connectivity index is 2.26. The summed E-state index contributed by atoms with van der Waals surface area (Å²) in [7, 11) is 0. The first-order valence-electron chi connectivity index (χ1n) is 6.86. The smallest absolute Gasteiger partial charge is 0.229 e. The molecule has 0 bridgehead atoms. The van der Waals surface area contributed by atoms with Crippen LogP contribution in [0.25, 0.3) is 0 Å². The van der Waals surface area contributed by atoms with Crippen molar-refractivity contribution < 1.29 is 4.74 Å². The molecule has 0 radical (unpaired) electrons. The van der Waals surface area contributed by atoms with Crippen LogP contribution in [0.5, 0.6) is 5.88 Å². The van der Waals surface area contributed by atoms with Crippen LogP contribution in [0.3, 0.4) is 0 Å². The summed E-state index contributed by atoms with van der Waals surface area (Å²) in [5, 5.41) is 0. The van der Waals surface area contributed by atoms with E-state index in [4.69, 9.17) is 16.3 Å². The minimum absolute atomic E-state index is 0.114. The molecule has 0 N–H and O–H groups in total. The minimum Gasteiger partial charge on any atom is -0.475 e. The number of anilines is 1. The third-order valence-electron chi connectivity index (χ3n) is 3.47. The lowest BCUT2D eigenvalue weighted by atomic mass is 10.1. The van der Waals surface area contributed by atoms with Crippen LogP contribution in [-0.2, 0) is 0 Å². The average molecular weight is 284 g/mol. The number of ether oxygens (including phenoxy) is 1. The van der Waals surface area contributed by atoms with E-state index in [2.05, 4.69) is 21.8 Å². The third-order valence-corrected chi connectivity index (χ3v) is 3.79. The Kier molecular flexibility index (Phi) is 4.50. The van der Waals surface area contributed by atoms with Gasteiger partial charge in [-0.15, -0.1) is 11.6 Å². The van der Waals surface area contributed by atoms with E-state index in [1.54, 1.807) is 0 Å². The molecule has 1 saturated heterocycles. The number of aromatic nitrogens is 2. The van der Waals surface area contributed by atoms with E-state index in [9.17, 15) is 0 Å². The fraction of sp³-hybridized carbons (Fsp3) is 0.714. The lowest BCUT2D eigenvalue weighted by molar-refractivity contribution is 0.232. The van der Waals surface area contributed by atoms with Crippen molar-refractivity contribution in [3.63, 3.8) is 0 Å². The molecule has 106 valence electrons. The Morgan fingerprint density at radius 3 is 2.84 bits per heavy atom. The molecule has 1 aromatic heterocycles. The van der Waals surface area contributed by atoms with Gasteiger partial charge in [0.05, 0.1) is 6.10 Å². The molecule has 0 saturated carbocycles. The Hall–Kier alpha value is -1.03. The van der Waals surface area contributed by atoms with Crippen molar-refractivity contribution in [2.75, 3.05) is 17.3 Å². The van der Waals surface area contributed by atoms with Crippen LogP contribution in [0, 0.1) is 12.8 Å². The lowest BCUT2D eigenvalue weighted by Gasteiger charge is -2.25. The number of rotatable bonds is 4. The van der Waals surface area contributed by atoms with Crippen LogP contribution in [0.4, 0.5) is 5.95 Å². The number of nitrogens with zero attached hydrogens (tertiary/aromatic N) is 3. The standard InChI is InChI=1S/C14H22ClN3O/c1-9(2)19-13-7-11(4)16-14(17-13)18-6-5-10(3)12(18)8-15/h7,9-10,12H,5-6,8H2,1-4H3. The Labute approximate surface area is 120 Å². The van der Waals surface area contributed by atoms with E-state index < -0.39 is 0 Å². The van der Waals surface area contributed by atoms with E-state index in [0.717, 1.165) is 24.6 Å². The molecule has 2 unspecified atom stereocenters. The van der Waals surface area contributed by atoms with Gasteiger partial charge in [-0.1, -0.05) is 6.92 Å². The summed E-state index contributed by atoms with van der Waals surface area (Å²) in [6.45, 7) is 9.15. The van der Waals surface area contributed by atoms with E-state index >= 15 is 0 Å². The zero-order chi connectivity index (χ0) is 14.0. The van der Waals surface area contributed by atoms with Crippen molar-refractivity contribution in [3.05, 3.63) is 11.8 Å². The number of alkyl halides is 1. The number of halogens is 1. The maximum Gasteiger partial charge on any atom is 0.229 e. The highest BCUT2D eigenvalue weighted by atomic mass is 35.5. The monoisotopic (exact) mass is 283 g/mol. The molecule has 4 nitrogen and oxygen atoms in total. The van der Waals surface area contributed by atoms with Gasteiger partial charge in [-0.2, -0.15) is 4.98 Å². The van der Waals surface area contributed by atoms with Crippen molar-refractivity contribution in [2.45, 2.75) is 46.3 Å². The van der Waals surface area contributed by atoms with Crippen LogP contribution >= 0.6 is 11.6 Å². The van der Waals surface area contributed by atoms with Crippen molar-refractivity contribution in [1.29, 1.82) is 0 Å². The van der Waals surface area contributed by atoms with E-state index in [1.807, 2.05) is 26.8 Å². The first kappa shape index (κ1) is 14.4. The van der Waals surface area contributed by atoms with Crippen LogP contribution in [0.1, 0.15) is 32.9 Å². The highest BCUT2D eigenvalue weighted by Crippen LogP contribution is 2.29. The fourth-order valence-electron chi connectivity index (χ4n) is 2.45. The second kappa shape index (κ2) is 5.95. The molecule has 1 aromatic rings.